The van der Waals surface area contributed by atoms with Gasteiger partial charge in [-0.2, -0.15) is 5.10 Å². The normalized spacial score (nSPS) is 15.7. The highest BCUT2D eigenvalue weighted by atomic mass is 32.2. The van der Waals surface area contributed by atoms with E-state index in [9.17, 15) is 18.0 Å². The Kier molecular flexibility index (Phi) is 5.59. The summed E-state index contributed by atoms with van der Waals surface area (Å²) in [5.74, 6) is -0.271. The summed E-state index contributed by atoms with van der Waals surface area (Å²) in [4.78, 5) is 24.2. The third-order valence-corrected chi connectivity index (χ3v) is 6.20. The molecular formula is C18H22N4O4S. The Bertz CT molecular complexity index is 983. The van der Waals surface area contributed by atoms with Crippen LogP contribution >= 0.6 is 0 Å². The first-order valence-corrected chi connectivity index (χ1v) is 10.5. The molecule has 1 N–H and O–H groups in total. The van der Waals surface area contributed by atoms with E-state index >= 15 is 0 Å². The predicted octanol–water partition coefficient (Wildman–Crippen LogP) is 1.84. The fourth-order valence-electron chi connectivity index (χ4n) is 2.87. The topological polar surface area (TPSA) is 101 Å². The van der Waals surface area contributed by atoms with E-state index in [1.54, 1.807) is 24.3 Å². The number of nitrogens with zero attached hydrogens (tertiary/aromatic N) is 3. The van der Waals surface area contributed by atoms with Gasteiger partial charge in [0.25, 0.3) is 11.5 Å². The minimum atomic E-state index is -3.23. The molecule has 0 radical (unpaired) electrons. The molecule has 144 valence electrons. The van der Waals surface area contributed by atoms with Crippen molar-refractivity contribution in [2.75, 3.05) is 21.9 Å². The molecule has 1 aromatic carbocycles. The average molecular weight is 390 g/mol. The van der Waals surface area contributed by atoms with Crippen molar-refractivity contribution in [1.29, 1.82) is 0 Å². The zero-order chi connectivity index (χ0) is 19.4. The van der Waals surface area contributed by atoms with Gasteiger partial charge in [0, 0.05) is 24.8 Å². The molecule has 2 heterocycles. The van der Waals surface area contributed by atoms with Crippen LogP contribution in [0.1, 0.15) is 36.7 Å². The molecule has 1 fully saturated rings. The van der Waals surface area contributed by atoms with Gasteiger partial charge in [0.05, 0.1) is 11.4 Å². The maximum absolute atomic E-state index is 12.4. The van der Waals surface area contributed by atoms with Gasteiger partial charge in [-0.1, -0.05) is 13.3 Å². The third-order valence-electron chi connectivity index (χ3n) is 4.34. The lowest BCUT2D eigenvalue weighted by Crippen LogP contribution is -2.26. The highest BCUT2D eigenvalue weighted by Gasteiger charge is 2.28. The summed E-state index contributed by atoms with van der Waals surface area (Å²) >= 11 is 0. The lowest BCUT2D eigenvalue weighted by atomic mass is 10.2. The van der Waals surface area contributed by atoms with Crippen molar-refractivity contribution in [2.24, 2.45) is 0 Å². The number of unbranched alkanes of at least 4 members (excludes halogenated alkanes) is 1. The van der Waals surface area contributed by atoms with Gasteiger partial charge in [-0.05, 0) is 43.2 Å². The highest BCUT2D eigenvalue weighted by molar-refractivity contribution is 7.93. The van der Waals surface area contributed by atoms with Crippen LogP contribution in [0.3, 0.4) is 0 Å². The van der Waals surface area contributed by atoms with Crippen LogP contribution < -0.4 is 15.2 Å². The number of rotatable bonds is 6. The molecule has 0 atom stereocenters. The van der Waals surface area contributed by atoms with Crippen LogP contribution in [-0.4, -0.2) is 36.4 Å². The molecule has 0 saturated carbocycles. The largest absolute Gasteiger partial charge is 0.321 e. The van der Waals surface area contributed by atoms with E-state index in [1.165, 1.54) is 21.1 Å². The van der Waals surface area contributed by atoms with E-state index in [4.69, 9.17) is 0 Å². The molecular weight excluding hydrogens is 368 g/mol. The van der Waals surface area contributed by atoms with Gasteiger partial charge < -0.3 is 5.32 Å². The van der Waals surface area contributed by atoms with E-state index in [-0.39, 0.29) is 17.0 Å². The summed E-state index contributed by atoms with van der Waals surface area (Å²) in [6.07, 6.45) is 2.34. The van der Waals surface area contributed by atoms with Crippen LogP contribution in [0.2, 0.25) is 0 Å². The summed E-state index contributed by atoms with van der Waals surface area (Å²) in [6.45, 7) is 2.95. The minimum Gasteiger partial charge on any atom is -0.321 e. The lowest BCUT2D eigenvalue weighted by Gasteiger charge is -2.17. The average Bonchev–Trinajstić information content (AvgIpc) is 3.00. The van der Waals surface area contributed by atoms with Crippen molar-refractivity contribution < 1.29 is 13.2 Å². The standard InChI is InChI=1S/C18H22N4O4S/c1-2-3-11-21-17(23)10-9-16(20-21)18(24)19-14-5-7-15(8-6-14)22-12-4-13-27(22,25)26/h5-10H,2-4,11-13H2,1H3,(H,19,24). The first-order valence-electron chi connectivity index (χ1n) is 8.91. The SMILES string of the molecule is CCCCn1nc(C(=O)Nc2ccc(N3CCCS3(=O)=O)cc2)ccc1=O. The van der Waals surface area contributed by atoms with Gasteiger partial charge >= 0.3 is 0 Å². The van der Waals surface area contributed by atoms with Gasteiger partial charge in [0.15, 0.2) is 0 Å². The third kappa shape index (κ3) is 4.36. The molecule has 9 heteroatoms. The van der Waals surface area contributed by atoms with E-state index < -0.39 is 15.9 Å². The zero-order valence-corrected chi connectivity index (χ0v) is 15.9. The van der Waals surface area contributed by atoms with E-state index in [0.717, 1.165) is 12.8 Å². The smallest absolute Gasteiger partial charge is 0.276 e. The van der Waals surface area contributed by atoms with Crippen LogP contribution in [0.5, 0.6) is 0 Å². The molecule has 0 aliphatic carbocycles. The van der Waals surface area contributed by atoms with Crippen LogP contribution in [0.4, 0.5) is 11.4 Å². The Morgan fingerprint density at radius 1 is 1.19 bits per heavy atom. The zero-order valence-electron chi connectivity index (χ0n) is 15.1. The molecule has 1 amide bonds. The van der Waals surface area contributed by atoms with Gasteiger partial charge in [-0.15, -0.1) is 0 Å². The number of hydrogen-bond donors (Lipinski definition) is 1. The number of aromatic nitrogens is 2. The van der Waals surface area contributed by atoms with E-state index in [0.29, 0.717) is 30.9 Å². The molecule has 0 bridgehead atoms. The Morgan fingerprint density at radius 3 is 2.56 bits per heavy atom. The molecule has 1 saturated heterocycles. The molecule has 1 aromatic heterocycles. The van der Waals surface area contributed by atoms with E-state index in [2.05, 4.69) is 10.4 Å². The number of benzene rings is 1. The quantitative estimate of drug-likeness (QED) is 0.811. The summed E-state index contributed by atoms with van der Waals surface area (Å²) < 4.78 is 26.6. The molecule has 3 rings (SSSR count). The van der Waals surface area contributed by atoms with Gasteiger partial charge in [0.2, 0.25) is 10.0 Å². The number of sulfonamides is 1. The molecule has 0 spiro atoms. The van der Waals surface area contributed by atoms with Crippen molar-refractivity contribution >= 4 is 27.3 Å². The van der Waals surface area contributed by atoms with Crippen LogP contribution in [0.15, 0.2) is 41.2 Å². The second-order valence-corrected chi connectivity index (χ2v) is 8.39. The molecule has 8 nitrogen and oxygen atoms in total. The van der Waals surface area contributed by atoms with Gasteiger partial charge in [0.1, 0.15) is 5.69 Å². The molecule has 1 aliphatic heterocycles. The Balaban J connectivity index is 1.72. The number of anilines is 2. The number of hydrogen-bond acceptors (Lipinski definition) is 5. The second-order valence-electron chi connectivity index (χ2n) is 6.38. The Hall–Kier alpha value is -2.68. The van der Waals surface area contributed by atoms with Crippen molar-refractivity contribution in [3.63, 3.8) is 0 Å². The summed E-state index contributed by atoms with van der Waals surface area (Å²) in [5.41, 5.74) is 1.01. The van der Waals surface area contributed by atoms with Crippen molar-refractivity contribution in [3.8, 4) is 0 Å². The lowest BCUT2D eigenvalue weighted by molar-refractivity contribution is 0.101. The van der Waals surface area contributed by atoms with Crippen molar-refractivity contribution in [3.05, 3.63) is 52.4 Å². The first-order chi connectivity index (χ1) is 12.9. The Morgan fingerprint density at radius 2 is 1.93 bits per heavy atom. The Labute approximate surface area is 157 Å². The first kappa shape index (κ1) is 19.1. The monoisotopic (exact) mass is 390 g/mol. The van der Waals surface area contributed by atoms with Crippen molar-refractivity contribution in [2.45, 2.75) is 32.7 Å². The number of carbonyl (C=O) groups is 1. The van der Waals surface area contributed by atoms with E-state index in [1.807, 2.05) is 6.92 Å². The molecule has 1 aliphatic rings. The second kappa shape index (κ2) is 7.91. The van der Waals surface area contributed by atoms with Crippen LogP contribution in [0.25, 0.3) is 0 Å². The van der Waals surface area contributed by atoms with Crippen LogP contribution in [0, 0.1) is 0 Å². The fraction of sp³-hybridized carbons (Fsp3) is 0.389. The number of aryl methyl sites for hydroxylation is 1. The maximum Gasteiger partial charge on any atom is 0.276 e. The predicted molar refractivity (Wildman–Crippen MR) is 104 cm³/mol. The summed E-state index contributed by atoms with van der Waals surface area (Å²) in [5, 5.41) is 6.82. The minimum absolute atomic E-state index is 0.150. The summed E-state index contributed by atoms with van der Waals surface area (Å²) in [7, 11) is -3.23. The number of nitrogens with one attached hydrogen (secondary N) is 1. The molecule has 2 aromatic rings. The maximum atomic E-state index is 12.4. The number of amides is 1. The number of carbonyl (C=O) groups excluding carboxylic acids is 1. The van der Waals surface area contributed by atoms with Gasteiger partial charge in [-0.25, -0.2) is 13.1 Å². The van der Waals surface area contributed by atoms with Gasteiger partial charge in [-0.3, -0.25) is 13.9 Å². The highest BCUT2D eigenvalue weighted by Crippen LogP contribution is 2.25. The van der Waals surface area contributed by atoms with Crippen molar-refractivity contribution in [1.82, 2.24) is 9.78 Å². The molecule has 0 unspecified atom stereocenters. The fourth-order valence-corrected chi connectivity index (χ4v) is 4.44. The summed E-state index contributed by atoms with van der Waals surface area (Å²) in [6, 6.07) is 9.34. The molecule has 27 heavy (non-hydrogen) atoms. The van der Waals surface area contributed by atoms with Crippen LogP contribution in [-0.2, 0) is 16.6 Å².